The molecule has 0 saturated heterocycles. The number of anilines is 2. The zero-order valence-corrected chi connectivity index (χ0v) is 17.9. The third kappa shape index (κ3) is 5.08. The lowest BCUT2D eigenvalue weighted by Crippen LogP contribution is -2.63. The summed E-state index contributed by atoms with van der Waals surface area (Å²) in [4.78, 5) is 12.5. The highest BCUT2D eigenvalue weighted by molar-refractivity contribution is 7.89. The average molecular weight is 495 g/mol. The molecule has 1 fully saturated rings. The number of halogens is 6. The number of amides is 1. The van der Waals surface area contributed by atoms with Gasteiger partial charge in [-0.1, -0.05) is 0 Å². The number of hydrogen-bond donors (Lipinski definition) is 3. The third-order valence-corrected chi connectivity index (χ3v) is 6.82. The molecule has 0 spiro atoms. The topological polar surface area (TPSA) is 87.3 Å². The first-order valence-electron chi connectivity index (χ1n) is 9.60. The predicted molar refractivity (Wildman–Crippen MR) is 108 cm³/mol. The molecule has 6 nitrogen and oxygen atoms in total. The van der Waals surface area contributed by atoms with Gasteiger partial charge in [0.15, 0.2) is 0 Å². The molecule has 1 amide bonds. The van der Waals surface area contributed by atoms with Crippen LogP contribution in [-0.2, 0) is 16.2 Å². The Balaban J connectivity index is 1.99. The maximum atomic E-state index is 13.5. The van der Waals surface area contributed by atoms with Gasteiger partial charge < -0.3 is 10.6 Å². The fourth-order valence-electron chi connectivity index (χ4n) is 3.30. The van der Waals surface area contributed by atoms with E-state index in [-0.39, 0.29) is 35.5 Å². The normalized spacial score (nSPS) is 16.1. The molecule has 1 aliphatic rings. The van der Waals surface area contributed by atoms with Crippen molar-refractivity contribution in [3.63, 3.8) is 0 Å². The second kappa shape index (κ2) is 8.52. The van der Waals surface area contributed by atoms with E-state index in [0.717, 1.165) is 49.5 Å². The molecule has 13 heteroatoms. The number of carbonyl (C=O) groups excluding carboxylic acids is 1. The summed E-state index contributed by atoms with van der Waals surface area (Å²) >= 11 is 0. The lowest BCUT2D eigenvalue weighted by Gasteiger charge is -2.43. The molecule has 0 heterocycles. The van der Waals surface area contributed by atoms with Crippen molar-refractivity contribution < 1.29 is 39.6 Å². The summed E-state index contributed by atoms with van der Waals surface area (Å²) in [5, 5.41) is 4.63. The van der Waals surface area contributed by atoms with Crippen LogP contribution in [0.25, 0.3) is 0 Å². The highest BCUT2D eigenvalue weighted by atomic mass is 32.2. The molecule has 2 aromatic rings. The monoisotopic (exact) mass is 495 g/mol. The maximum Gasteiger partial charge on any atom is 0.416 e. The van der Waals surface area contributed by atoms with E-state index >= 15 is 0 Å². The van der Waals surface area contributed by atoms with Crippen molar-refractivity contribution >= 4 is 27.3 Å². The minimum atomic E-state index is -4.71. The molecule has 0 atom stereocenters. The fraction of sp³-hybridized carbons (Fsp3) is 0.350. The summed E-state index contributed by atoms with van der Waals surface area (Å²) in [6.45, 7) is 0. The molecule has 33 heavy (non-hydrogen) atoms. The van der Waals surface area contributed by atoms with Crippen molar-refractivity contribution in [2.75, 3.05) is 12.4 Å². The lowest BCUT2D eigenvalue weighted by atomic mass is 9.76. The Morgan fingerprint density at radius 1 is 0.970 bits per heavy atom. The van der Waals surface area contributed by atoms with Gasteiger partial charge in [-0.15, -0.1) is 0 Å². The molecule has 0 radical (unpaired) electrons. The van der Waals surface area contributed by atoms with Gasteiger partial charge in [-0.05, 0) is 68.8 Å². The summed E-state index contributed by atoms with van der Waals surface area (Å²) in [5.74, 6) is -1.17. The Hall–Kier alpha value is -2.80. The Morgan fingerprint density at radius 3 is 2.03 bits per heavy atom. The van der Waals surface area contributed by atoms with Crippen molar-refractivity contribution in [3.05, 3.63) is 53.6 Å². The van der Waals surface area contributed by atoms with Crippen LogP contribution in [0.5, 0.6) is 0 Å². The number of carbonyl (C=O) groups is 1. The number of rotatable bonds is 6. The summed E-state index contributed by atoms with van der Waals surface area (Å²) < 4.78 is 105. The van der Waals surface area contributed by atoms with Gasteiger partial charge in [0, 0.05) is 5.69 Å². The zero-order valence-electron chi connectivity index (χ0n) is 17.1. The van der Waals surface area contributed by atoms with Crippen LogP contribution in [0.4, 0.5) is 37.7 Å². The minimum Gasteiger partial charge on any atom is -0.355 e. The summed E-state index contributed by atoms with van der Waals surface area (Å²) in [6.07, 6.45) is -9.67. The Morgan fingerprint density at radius 2 is 1.58 bits per heavy atom. The van der Waals surface area contributed by atoms with Crippen LogP contribution in [-0.4, -0.2) is 33.1 Å². The van der Waals surface area contributed by atoms with Crippen LogP contribution >= 0.6 is 0 Å². The number of benzene rings is 2. The highest BCUT2D eigenvalue weighted by Crippen LogP contribution is 2.45. The first-order chi connectivity index (χ1) is 15.2. The molecular weight excluding hydrogens is 476 g/mol. The van der Waals surface area contributed by atoms with Crippen LogP contribution in [0.1, 0.15) is 35.2 Å². The van der Waals surface area contributed by atoms with Gasteiger partial charge in [0.2, 0.25) is 10.0 Å². The van der Waals surface area contributed by atoms with Crippen LogP contribution < -0.4 is 15.4 Å². The van der Waals surface area contributed by atoms with Crippen LogP contribution in [0.2, 0.25) is 0 Å². The molecular formula is C20H19F6N3O3S. The zero-order chi connectivity index (χ0) is 24.7. The van der Waals surface area contributed by atoms with E-state index in [0.29, 0.717) is 0 Å². The number of alkyl halides is 6. The first kappa shape index (κ1) is 24.8. The quantitative estimate of drug-likeness (QED) is 0.513. The predicted octanol–water partition coefficient (Wildman–Crippen LogP) is 4.57. The summed E-state index contributed by atoms with van der Waals surface area (Å²) in [5.41, 5.74) is -3.73. The van der Waals surface area contributed by atoms with Crippen molar-refractivity contribution in [1.29, 1.82) is 0 Å². The van der Waals surface area contributed by atoms with E-state index in [9.17, 15) is 39.6 Å². The van der Waals surface area contributed by atoms with Gasteiger partial charge in [0.05, 0.1) is 21.7 Å². The van der Waals surface area contributed by atoms with Gasteiger partial charge in [0.25, 0.3) is 5.91 Å². The van der Waals surface area contributed by atoms with Crippen LogP contribution in [0.3, 0.4) is 0 Å². The molecule has 1 aliphatic carbocycles. The molecule has 180 valence electrons. The van der Waals surface area contributed by atoms with Crippen molar-refractivity contribution in [2.24, 2.45) is 0 Å². The number of hydrogen-bond acceptors (Lipinski definition) is 4. The molecule has 0 bridgehead atoms. The molecule has 3 N–H and O–H groups in total. The van der Waals surface area contributed by atoms with E-state index in [1.807, 2.05) is 10.0 Å². The van der Waals surface area contributed by atoms with Crippen LogP contribution in [0, 0.1) is 0 Å². The van der Waals surface area contributed by atoms with E-state index in [1.54, 1.807) is 0 Å². The standard InChI is InChI=1S/C20H19F6N3O3S/c1-27-33(31,32)14-7-8-16(28-13-5-3-12(4-6-13)19(21,22)23)15(11-14)17(30)29-18(9-2-10-18)20(24,25)26/h3-8,11,27-28H,2,9-10H2,1H3,(H,29,30). The Labute approximate surface area is 185 Å². The fourth-order valence-corrected chi connectivity index (χ4v) is 4.05. The smallest absolute Gasteiger partial charge is 0.355 e. The molecule has 3 rings (SSSR count). The van der Waals surface area contributed by atoms with Crippen molar-refractivity contribution in [1.82, 2.24) is 10.0 Å². The van der Waals surface area contributed by atoms with Gasteiger partial charge in [-0.3, -0.25) is 4.79 Å². The first-order valence-corrected chi connectivity index (χ1v) is 11.1. The van der Waals surface area contributed by atoms with Crippen LogP contribution in [0.15, 0.2) is 47.4 Å². The Kier molecular flexibility index (Phi) is 6.41. The van der Waals surface area contributed by atoms with E-state index < -0.39 is 44.9 Å². The van der Waals surface area contributed by atoms with Gasteiger partial charge in [-0.25, -0.2) is 13.1 Å². The van der Waals surface area contributed by atoms with Gasteiger partial charge in [-0.2, -0.15) is 26.3 Å². The molecule has 2 aromatic carbocycles. The highest BCUT2D eigenvalue weighted by Gasteiger charge is 2.59. The molecule has 1 saturated carbocycles. The lowest BCUT2D eigenvalue weighted by molar-refractivity contribution is -0.215. The average Bonchev–Trinajstić information content (AvgIpc) is 2.69. The van der Waals surface area contributed by atoms with E-state index in [2.05, 4.69) is 5.32 Å². The maximum absolute atomic E-state index is 13.5. The van der Waals surface area contributed by atoms with Crippen molar-refractivity contribution in [2.45, 2.75) is 42.0 Å². The SMILES string of the molecule is CNS(=O)(=O)c1ccc(Nc2ccc(C(F)(F)F)cc2)c(C(=O)NC2(C(F)(F)F)CCC2)c1. The number of nitrogens with one attached hydrogen (secondary N) is 3. The van der Waals surface area contributed by atoms with Crippen molar-refractivity contribution in [3.8, 4) is 0 Å². The summed E-state index contributed by atoms with van der Waals surface area (Å²) in [6, 6.07) is 6.88. The van der Waals surface area contributed by atoms with E-state index in [4.69, 9.17) is 0 Å². The second-order valence-corrected chi connectivity index (χ2v) is 9.39. The minimum absolute atomic E-state index is 0.0843. The Bertz CT molecular complexity index is 1140. The molecule has 0 aliphatic heterocycles. The second-order valence-electron chi connectivity index (χ2n) is 7.50. The summed E-state index contributed by atoms with van der Waals surface area (Å²) in [7, 11) is -2.91. The van der Waals surface area contributed by atoms with Gasteiger partial charge >= 0.3 is 12.4 Å². The molecule has 0 aromatic heterocycles. The van der Waals surface area contributed by atoms with E-state index in [1.165, 1.54) is 0 Å². The largest absolute Gasteiger partial charge is 0.416 e. The molecule has 0 unspecified atom stereocenters. The van der Waals surface area contributed by atoms with Gasteiger partial charge in [0.1, 0.15) is 5.54 Å². The third-order valence-electron chi connectivity index (χ3n) is 5.41. The number of sulfonamides is 1.